The average molecular weight is 530 g/mol. The molecule has 3 aromatic carbocycles. The summed E-state index contributed by atoms with van der Waals surface area (Å²) in [7, 11) is -4.38. The van der Waals surface area contributed by atoms with Gasteiger partial charge in [-0.3, -0.25) is 13.9 Å². The quantitative estimate of drug-likeness (QED) is 0.429. The van der Waals surface area contributed by atoms with Gasteiger partial charge >= 0.3 is 0 Å². The molecule has 0 radical (unpaired) electrons. The van der Waals surface area contributed by atoms with E-state index in [2.05, 4.69) is 5.32 Å². The highest BCUT2D eigenvalue weighted by Crippen LogP contribution is 2.27. The molecule has 196 valence electrons. The molecule has 10 heteroatoms. The van der Waals surface area contributed by atoms with Crippen LogP contribution in [0.5, 0.6) is 0 Å². The lowest BCUT2D eigenvalue weighted by Crippen LogP contribution is -2.52. The van der Waals surface area contributed by atoms with Gasteiger partial charge in [0.1, 0.15) is 24.2 Å². The Labute approximate surface area is 215 Å². The molecule has 0 aliphatic carbocycles. The summed E-state index contributed by atoms with van der Waals surface area (Å²) in [6, 6.07) is 17.0. The molecule has 0 spiro atoms. The van der Waals surface area contributed by atoms with Crippen molar-refractivity contribution in [3.05, 3.63) is 96.1 Å². The molecule has 0 fully saturated rings. The lowest BCUT2D eigenvalue weighted by atomic mass is 10.1. The SMILES string of the molecule is CC(C)NC(=O)[C@@H](C)N(Cc1ccccc1F)C(=O)CN(c1ccccc1F)S(=O)(=O)c1ccccc1. The van der Waals surface area contributed by atoms with Gasteiger partial charge in [0, 0.05) is 18.2 Å². The van der Waals surface area contributed by atoms with Crippen LogP contribution in [0.3, 0.4) is 0 Å². The molecular formula is C27H29F2N3O4S. The monoisotopic (exact) mass is 529 g/mol. The average Bonchev–Trinajstić information content (AvgIpc) is 2.87. The summed E-state index contributed by atoms with van der Waals surface area (Å²) in [6.07, 6.45) is 0. The molecular weight excluding hydrogens is 500 g/mol. The fourth-order valence-electron chi connectivity index (χ4n) is 3.68. The number of sulfonamides is 1. The van der Waals surface area contributed by atoms with Crippen LogP contribution in [0.1, 0.15) is 26.3 Å². The van der Waals surface area contributed by atoms with E-state index >= 15 is 0 Å². The number of nitrogens with one attached hydrogen (secondary N) is 1. The van der Waals surface area contributed by atoms with E-state index in [1.54, 1.807) is 26.0 Å². The Hall–Kier alpha value is -3.79. The standard InChI is InChI=1S/C27H29F2N3O4S/c1-19(2)30-27(34)20(3)31(17-21-11-7-8-14-23(21)28)26(33)18-32(25-16-10-9-15-24(25)29)37(35,36)22-12-5-4-6-13-22/h4-16,19-20H,17-18H2,1-3H3,(H,30,34)/t20-/m1/s1. The number of carbonyl (C=O) groups is 2. The number of hydrogen-bond acceptors (Lipinski definition) is 4. The van der Waals surface area contributed by atoms with Crippen molar-refractivity contribution in [1.29, 1.82) is 0 Å². The van der Waals surface area contributed by atoms with Crippen LogP contribution in [0.15, 0.2) is 83.8 Å². The summed E-state index contributed by atoms with van der Waals surface area (Å²) in [5, 5.41) is 2.71. The van der Waals surface area contributed by atoms with Crippen LogP contribution in [-0.2, 0) is 26.2 Å². The highest BCUT2D eigenvalue weighted by molar-refractivity contribution is 7.92. The minimum Gasteiger partial charge on any atom is -0.352 e. The summed E-state index contributed by atoms with van der Waals surface area (Å²) in [5.74, 6) is -2.74. The molecule has 0 aromatic heterocycles. The normalized spacial score (nSPS) is 12.2. The topological polar surface area (TPSA) is 86.8 Å². The summed E-state index contributed by atoms with van der Waals surface area (Å²) in [5.41, 5.74) is -0.187. The first-order chi connectivity index (χ1) is 17.5. The molecule has 0 unspecified atom stereocenters. The molecule has 0 saturated heterocycles. The van der Waals surface area contributed by atoms with Gasteiger partial charge in [0.25, 0.3) is 10.0 Å². The highest BCUT2D eigenvalue weighted by atomic mass is 32.2. The number of carbonyl (C=O) groups excluding carboxylic acids is 2. The van der Waals surface area contributed by atoms with Gasteiger partial charge < -0.3 is 10.2 Å². The number of anilines is 1. The second kappa shape index (κ2) is 12.0. The molecule has 0 heterocycles. The van der Waals surface area contributed by atoms with Gasteiger partial charge in [-0.25, -0.2) is 17.2 Å². The molecule has 3 rings (SSSR count). The molecule has 0 bridgehead atoms. The third kappa shape index (κ3) is 6.71. The van der Waals surface area contributed by atoms with Crippen molar-refractivity contribution in [2.24, 2.45) is 0 Å². The molecule has 1 N–H and O–H groups in total. The Bertz CT molecular complexity index is 1350. The van der Waals surface area contributed by atoms with E-state index in [1.807, 2.05) is 0 Å². The van der Waals surface area contributed by atoms with Gasteiger partial charge in [-0.1, -0.05) is 48.5 Å². The summed E-state index contributed by atoms with van der Waals surface area (Å²) in [6.45, 7) is 3.86. The van der Waals surface area contributed by atoms with Crippen molar-refractivity contribution in [1.82, 2.24) is 10.2 Å². The maximum Gasteiger partial charge on any atom is 0.264 e. The molecule has 0 aliphatic rings. The summed E-state index contributed by atoms with van der Waals surface area (Å²) >= 11 is 0. The Kier molecular flexibility index (Phi) is 8.99. The van der Waals surface area contributed by atoms with E-state index in [0.29, 0.717) is 4.31 Å². The number of nitrogens with zero attached hydrogens (tertiary/aromatic N) is 2. The number of benzene rings is 3. The fraction of sp³-hybridized carbons (Fsp3) is 0.259. The van der Waals surface area contributed by atoms with Crippen LogP contribution in [0.25, 0.3) is 0 Å². The summed E-state index contributed by atoms with van der Waals surface area (Å²) in [4.78, 5) is 27.4. The zero-order valence-electron chi connectivity index (χ0n) is 20.8. The molecule has 2 amide bonds. The van der Waals surface area contributed by atoms with Crippen LogP contribution in [0.4, 0.5) is 14.5 Å². The molecule has 1 atom stereocenters. The van der Waals surface area contributed by atoms with Crippen molar-refractivity contribution in [3.8, 4) is 0 Å². The van der Waals surface area contributed by atoms with Crippen molar-refractivity contribution in [2.75, 3.05) is 10.8 Å². The van der Waals surface area contributed by atoms with E-state index < -0.39 is 46.1 Å². The van der Waals surface area contributed by atoms with Crippen LogP contribution in [0.2, 0.25) is 0 Å². The van der Waals surface area contributed by atoms with Crippen molar-refractivity contribution in [3.63, 3.8) is 0 Å². The molecule has 37 heavy (non-hydrogen) atoms. The fourth-order valence-corrected chi connectivity index (χ4v) is 5.13. The first-order valence-corrected chi connectivity index (χ1v) is 13.1. The maximum atomic E-state index is 14.8. The second-order valence-electron chi connectivity index (χ2n) is 8.73. The van der Waals surface area contributed by atoms with E-state index in [-0.39, 0.29) is 28.7 Å². The van der Waals surface area contributed by atoms with E-state index in [4.69, 9.17) is 0 Å². The third-order valence-corrected chi connectivity index (χ3v) is 7.40. The zero-order valence-corrected chi connectivity index (χ0v) is 21.6. The van der Waals surface area contributed by atoms with E-state index in [9.17, 15) is 26.8 Å². The van der Waals surface area contributed by atoms with Crippen LogP contribution < -0.4 is 9.62 Å². The lowest BCUT2D eigenvalue weighted by molar-refractivity contribution is -0.139. The largest absolute Gasteiger partial charge is 0.352 e. The highest BCUT2D eigenvalue weighted by Gasteiger charge is 2.33. The zero-order chi connectivity index (χ0) is 27.2. The van der Waals surface area contributed by atoms with Gasteiger partial charge in [-0.2, -0.15) is 0 Å². The van der Waals surface area contributed by atoms with Gasteiger partial charge in [0.2, 0.25) is 11.8 Å². The first kappa shape index (κ1) is 27.8. The Balaban J connectivity index is 2.04. The van der Waals surface area contributed by atoms with Crippen LogP contribution in [-0.4, -0.2) is 43.8 Å². The number of hydrogen-bond donors (Lipinski definition) is 1. The Morgan fingerprint density at radius 1 is 0.838 bits per heavy atom. The molecule has 0 aliphatic heterocycles. The minimum atomic E-state index is -4.38. The minimum absolute atomic E-state index is 0.141. The van der Waals surface area contributed by atoms with Crippen molar-refractivity contribution < 1.29 is 26.8 Å². The number of para-hydroxylation sites is 1. The van der Waals surface area contributed by atoms with Crippen molar-refractivity contribution >= 4 is 27.5 Å². The Morgan fingerprint density at radius 3 is 2.00 bits per heavy atom. The number of rotatable bonds is 10. The van der Waals surface area contributed by atoms with Crippen molar-refractivity contribution in [2.45, 2.75) is 44.3 Å². The lowest BCUT2D eigenvalue weighted by Gasteiger charge is -2.32. The molecule has 3 aromatic rings. The predicted octanol–water partition coefficient (Wildman–Crippen LogP) is 4.10. The van der Waals surface area contributed by atoms with Gasteiger partial charge in [-0.15, -0.1) is 0 Å². The first-order valence-electron chi connectivity index (χ1n) is 11.7. The van der Waals surface area contributed by atoms with Crippen LogP contribution >= 0.6 is 0 Å². The maximum absolute atomic E-state index is 14.8. The second-order valence-corrected chi connectivity index (χ2v) is 10.6. The smallest absolute Gasteiger partial charge is 0.264 e. The molecule has 0 saturated carbocycles. The van der Waals surface area contributed by atoms with E-state index in [0.717, 1.165) is 11.0 Å². The third-order valence-electron chi connectivity index (χ3n) is 5.63. The Morgan fingerprint density at radius 2 is 1.41 bits per heavy atom. The van der Waals surface area contributed by atoms with Crippen LogP contribution in [0, 0.1) is 11.6 Å². The predicted molar refractivity (Wildman–Crippen MR) is 137 cm³/mol. The summed E-state index contributed by atoms with van der Waals surface area (Å²) < 4.78 is 57.1. The van der Waals surface area contributed by atoms with Gasteiger partial charge in [0.05, 0.1) is 10.6 Å². The van der Waals surface area contributed by atoms with E-state index in [1.165, 1.54) is 67.6 Å². The molecule has 7 nitrogen and oxygen atoms in total. The van der Waals surface area contributed by atoms with Gasteiger partial charge in [0.15, 0.2) is 0 Å². The number of halogens is 2. The number of amides is 2. The van der Waals surface area contributed by atoms with Gasteiger partial charge in [-0.05, 0) is 51.1 Å².